The van der Waals surface area contributed by atoms with Crippen molar-refractivity contribution in [2.45, 2.75) is 40.2 Å². The van der Waals surface area contributed by atoms with Crippen LogP contribution in [0.4, 0.5) is 0 Å². The summed E-state index contributed by atoms with van der Waals surface area (Å²) >= 11 is 8.03. The third-order valence-corrected chi connectivity index (χ3v) is 4.99. The predicted octanol–water partition coefficient (Wildman–Crippen LogP) is 4.16. The van der Waals surface area contributed by atoms with Crippen LogP contribution in [0.15, 0.2) is 12.4 Å². The summed E-state index contributed by atoms with van der Waals surface area (Å²) < 4.78 is 2.09. The molecular formula is C15H17ClN4S. The molecule has 0 aromatic carbocycles. The fourth-order valence-electron chi connectivity index (χ4n) is 2.40. The number of hydrogen-bond donors (Lipinski definition) is 0. The highest BCUT2D eigenvalue weighted by Gasteiger charge is 2.14. The quantitative estimate of drug-likeness (QED) is 0.678. The van der Waals surface area contributed by atoms with Crippen LogP contribution in [0.25, 0.3) is 10.2 Å². The third-order valence-electron chi connectivity index (χ3n) is 3.62. The Morgan fingerprint density at radius 3 is 2.86 bits per heavy atom. The summed E-state index contributed by atoms with van der Waals surface area (Å²) in [6.07, 6.45) is 5.82. The molecule has 6 heteroatoms. The van der Waals surface area contributed by atoms with E-state index < -0.39 is 0 Å². The summed E-state index contributed by atoms with van der Waals surface area (Å²) in [7, 11) is 0. The maximum atomic E-state index is 6.35. The Labute approximate surface area is 132 Å². The van der Waals surface area contributed by atoms with Crippen LogP contribution in [0, 0.1) is 13.8 Å². The highest BCUT2D eigenvalue weighted by Crippen LogP contribution is 2.32. The lowest BCUT2D eigenvalue weighted by molar-refractivity contribution is 0.681. The summed E-state index contributed by atoms with van der Waals surface area (Å²) in [6, 6.07) is 0. The average Bonchev–Trinajstić information content (AvgIpc) is 2.96. The summed E-state index contributed by atoms with van der Waals surface area (Å²) in [5.74, 6) is 1.81. The Hall–Kier alpha value is -1.46. The molecule has 0 atom stereocenters. The van der Waals surface area contributed by atoms with Crippen LogP contribution in [-0.2, 0) is 13.0 Å². The molecule has 0 amide bonds. The molecule has 0 bridgehead atoms. The van der Waals surface area contributed by atoms with Crippen LogP contribution < -0.4 is 0 Å². The maximum Gasteiger partial charge on any atom is 0.151 e. The van der Waals surface area contributed by atoms with E-state index >= 15 is 0 Å². The molecule has 0 aliphatic carbocycles. The van der Waals surface area contributed by atoms with Gasteiger partial charge in [-0.2, -0.15) is 0 Å². The Morgan fingerprint density at radius 1 is 1.29 bits per heavy atom. The molecule has 0 radical (unpaired) electrons. The molecule has 110 valence electrons. The molecule has 21 heavy (non-hydrogen) atoms. The molecule has 4 nitrogen and oxygen atoms in total. The predicted molar refractivity (Wildman–Crippen MR) is 87.2 cm³/mol. The van der Waals surface area contributed by atoms with Crippen LogP contribution >= 0.6 is 22.9 Å². The zero-order valence-electron chi connectivity index (χ0n) is 12.4. The molecule has 0 saturated carbocycles. The van der Waals surface area contributed by atoms with E-state index in [1.807, 2.05) is 12.4 Å². The molecule has 0 aliphatic heterocycles. The SMILES string of the molecule is CCCc1nccn1Cc1nc(Cl)c2c(C)c(C)sc2n1. The lowest BCUT2D eigenvalue weighted by Crippen LogP contribution is -2.07. The van der Waals surface area contributed by atoms with E-state index in [-0.39, 0.29) is 0 Å². The fourth-order valence-corrected chi connectivity index (χ4v) is 3.83. The van der Waals surface area contributed by atoms with Crippen molar-refractivity contribution in [1.29, 1.82) is 0 Å². The van der Waals surface area contributed by atoms with E-state index in [4.69, 9.17) is 11.6 Å². The monoisotopic (exact) mass is 320 g/mol. The molecule has 3 heterocycles. The molecule has 0 spiro atoms. The van der Waals surface area contributed by atoms with Gasteiger partial charge in [-0.3, -0.25) is 0 Å². The second-order valence-corrected chi connectivity index (χ2v) is 6.68. The van der Waals surface area contributed by atoms with E-state index in [2.05, 4.69) is 40.3 Å². The second kappa shape index (κ2) is 5.73. The van der Waals surface area contributed by atoms with Crippen molar-refractivity contribution < 1.29 is 0 Å². The first kappa shape index (κ1) is 14.5. The van der Waals surface area contributed by atoms with Crippen LogP contribution in [0.2, 0.25) is 5.15 Å². The normalized spacial score (nSPS) is 11.4. The Bertz CT molecular complexity index is 790. The molecule has 3 rings (SSSR count). The number of rotatable bonds is 4. The summed E-state index contributed by atoms with van der Waals surface area (Å²) in [5.41, 5.74) is 1.18. The first-order chi connectivity index (χ1) is 10.1. The third kappa shape index (κ3) is 2.68. The van der Waals surface area contributed by atoms with Crippen molar-refractivity contribution in [3.63, 3.8) is 0 Å². The Balaban J connectivity index is 1.99. The molecule has 3 aromatic rings. The number of nitrogens with zero attached hydrogens (tertiary/aromatic N) is 4. The number of imidazole rings is 1. The number of aryl methyl sites for hydroxylation is 3. The molecule has 0 unspecified atom stereocenters. The lowest BCUT2D eigenvalue weighted by atomic mass is 10.2. The maximum absolute atomic E-state index is 6.35. The van der Waals surface area contributed by atoms with Crippen LogP contribution in [0.5, 0.6) is 0 Å². The number of thiophene rings is 1. The van der Waals surface area contributed by atoms with Gasteiger partial charge in [-0.15, -0.1) is 11.3 Å². The Kier molecular flexibility index (Phi) is 3.95. The molecule has 3 aromatic heterocycles. The van der Waals surface area contributed by atoms with E-state index in [0.29, 0.717) is 11.7 Å². The number of hydrogen-bond acceptors (Lipinski definition) is 4. The minimum atomic E-state index is 0.550. The highest BCUT2D eigenvalue weighted by molar-refractivity contribution is 7.18. The van der Waals surface area contributed by atoms with E-state index in [1.165, 1.54) is 10.4 Å². The van der Waals surface area contributed by atoms with Crippen molar-refractivity contribution in [1.82, 2.24) is 19.5 Å². The molecule has 0 aliphatic rings. The van der Waals surface area contributed by atoms with Crippen molar-refractivity contribution in [2.75, 3.05) is 0 Å². The van der Waals surface area contributed by atoms with Crippen molar-refractivity contribution in [2.24, 2.45) is 0 Å². The number of halogens is 1. The van der Waals surface area contributed by atoms with Gasteiger partial charge in [-0.1, -0.05) is 18.5 Å². The summed E-state index contributed by atoms with van der Waals surface area (Å²) in [5, 5.41) is 1.54. The van der Waals surface area contributed by atoms with E-state index in [0.717, 1.165) is 34.7 Å². The van der Waals surface area contributed by atoms with Gasteiger partial charge in [0.1, 0.15) is 15.8 Å². The topological polar surface area (TPSA) is 43.6 Å². The van der Waals surface area contributed by atoms with Gasteiger partial charge in [0.05, 0.1) is 11.9 Å². The highest BCUT2D eigenvalue weighted by atomic mass is 35.5. The Morgan fingerprint density at radius 2 is 2.10 bits per heavy atom. The van der Waals surface area contributed by atoms with Crippen LogP contribution in [0.3, 0.4) is 0 Å². The van der Waals surface area contributed by atoms with Crippen LogP contribution in [0.1, 0.15) is 35.4 Å². The van der Waals surface area contributed by atoms with Crippen molar-refractivity contribution in [3.05, 3.63) is 39.6 Å². The fraction of sp³-hybridized carbons (Fsp3) is 0.400. The van der Waals surface area contributed by atoms with Crippen LogP contribution in [-0.4, -0.2) is 19.5 Å². The average molecular weight is 321 g/mol. The number of fused-ring (bicyclic) bond motifs is 1. The van der Waals surface area contributed by atoms with Gasteiger partial charge in [0, 0.05) is 23.7 Å². The minimum Gasteiger partial charge on any atom is -0.327 e. The standard InChI is InChI=1S/C15H17ClN4S/c1-4-5-12-17-6-7-20(12)8-11-18-14(16)13-9(2)10(3)21-15(13)19-11/h6-7H,4-5,8H2,1-3H3. The summed E-state index contributed by atoms with van der Waals surface area (Å²) in [4.78, 5) is 15.7. The lowest BCUT2D eigenvalue weighted by Gasteiger charge is -2.07. The molecule has 0 saturated heterocycles. The molecular weight excluding hydrogens is 304 g/mol. The smallest absolute Gasteiger partial charge is 0.151 e. The van der Waals surface area contributed by atoms with E-state index in [9.17, 15) is 0 Å². The van der Waals surface area contributed by atoms with Gasteiger partial charge >= 0.3 is 0 Å². The van der Waals surface area contributed by atoms with Gasteiger partial charge in [-0.25, -0.2) is 15.0 Å². The molecule has 0 N–H and O–H groups in total. The second-order valence-electron chi connectivity index (χ2n) is 5.12. The van der Waals surface area contributed by atoms with Crippen molar-refractivity contribution >= 4 is 33.2 Å². The first-order valence-corrected chi connectivity index (χ1v) is 8.21. The van der Waals surface area contributed by atoms with Gasteiger partial charge in [0.2, 0.25) is 0 Å². The largest absolute Gasteiger partial charge is 0.327 e. The number of aromatic nitrogens is 4. The minimum absolute atomic E-state index is 0.550. The summed E-state index contributed by atoms with van der Waals surface area (Å²) in [6.45, 7) is 6.92. The first-order valence-electron chi connectivity index (χ1n) is 7.02. The van der Waals surface area contributed by atoms with Gasteiger partial charge in [0.25, 0.3) is 0 Å². The van der Waals surface area contributed by atoms with E-state index in [1.54, 1.807) is 11.3 Å². The zero-order chi connectivity index (χ0) is 15.0. The van der Waals surface area contributed by atoms with Crippen molar-refractivity contribution in [3.8, 4) is 0 Å². The zero-order valence-corrected chi connectivity index (χ0v) is 13.9. The van der Waals surface area contributed by atoms with Gasteiger partial charge in [-0.05, 0) is 25.8 Å². The van der Waals surface area contributed by atoms with Gasteiger partial charge in [0.15, 0.2) is 5.82 Å². The van der Waals surface area contributed by atoms with Gasteiger partial charge < -0.3 is 4.57 Å². The molecule has 0 fully saturated rings.